The van der Waals surface area contributed by atoms with E-state index in [0.29, 0.717) is 41.2 Å². The molecule has 1 aromatic carbocycles. The molecule has 0 spiro atoms. The molecule has 31 heavy (non-hydrogen) atoms. The van der Waals surface area contributed by atoms with Gasteiger partial charge in [0.05, 0.1) is 28.5 Å². The van der Waals surface area contributed by atoms with Crippen LogP contribution in [0.4, 0.5) is 17.6 Å². The third-order valence-electron chi connectivity index (χ3n) is 4.78. The maximum atomic E-state index is 14.8. The molecule has 4 aromatic rings. The average molecular weight is 430 g/mol. The average Bonchev–Trinajstić information content (AvgIpc) is 3.13. The first kappa shape index (κ1) is 20.8. The fourth-order valence-corrected chi connectivity index (χ4v) is 3.34. The normalized spacial score (nSPS) is 11.8. The van der Waals surface area contributed by atoms with E-state index in [2.05, 4.69) is 20.3 Å². The van der Waals surface area contributed by atoms with Crippen LogP contribution < -0.4 is 10.1 Å². The Kier molecular flexibility index (Phi) is 5.60. The molecule has 4 rings (SSSR count). The molecule has 0 amide bonds. The van der Waals surface area contributed by atoms with Crippen molar-refractivity contribution in [3.63, 3.8) is 0 Å². The fraction of sp³-hybridized carbons (Fsp3) is 0.182. The van der Waals surface area contributed by atoms with Gasteiger partial charge >= 0.3 is 6.18 Å². The summed E-state index contributed by atoms with van der Waals surface area (Å²) in [4.78, 5) is 11.5. The van der Waals surface area contributed by atoms with E-state index in [-0.39, 0.29) is 11.1 Å². The molecule has 0 unspecified atom stereocenters. The molecular formula is C22H18F4N4O. The molecule has 0 atom stereocenters. The Labute approximate surface area is 175 Å². The van der Waals surface area contributed by atoms with E-state index in [1.165, 1.54) is 18.6 Å². The molecule has 160 valence electrons. The minimum Gasteiger partial charge on any atom is -0.490 e. The predicted octanol–water partition coefficient (Wildman–Crippen LogP) is 5.05. The monoisotopic (exact) mass is 430 g/mol. The largest absolute Gasteiger partial charge is 0.490 e. The van der Waals surface area contributed by atoms with E-state index in [1.54, 1.807) is 25.2 Å². The van der Waals surface area contributed by atoms with Crippen LogP contribution in [0.2, 0.25) is 0 Å². The first-order chi connectivity index (χ1) is 14.9. The van der Waals surface area contributed by atoms with E-state index in [4.69, 9.17) is 4.74 Å². The van der Waals surface area contributed by atoms with Crippen molar-refractivity contribution in [3.8, 4) is 28.1 Å². The van der Waals surface area contributed by atoms with Crippen LogP contribution in [-0.4, -0.2) is 35.2 Å². The van der Waals surface area contributed by atoms with Crippen molar-refractivity contribution in [2.75, 3.05) is 20.2 Å². The molecular weight excluding hydrogens is 412 g/mol. The summed E-state index contributed by atoms with van der Waals surface area (Å²) in [7, 11) is 1.78. The number of likely N-dealkylation sites (N-methyl/N-ethyl adjacent to an activating group) is 1. The highest BCUT2D eigenvalue weighted by molar-refractivity contribution is 6.02. The van der Waals surface area contributed by atoms with Crippen LogP contribution in [-0.2, 0) is 6.18 Å². The van der Waals surface area contributed by atoms with Crippen molar-refractivity contribution in [3.05, 3.63) is 66.4 Å². The number of rotatable bonds is 6. The quantitative estimate of drug-likeness (QED) is 0.332. The van der Waals surface area contributed by atoms with E-state index in [1.807, 2.05) is 0 Å². The summed E-state index contributed by atoms with van der Waals surface area (Å²) in [6.45, 7) is 0.929. The molecule has 0 aliphatic carbocycles. The summed E-state index contributed by atoms with van der Waals surface area (Å²) in [6, 6.07) is 7.42. The van der Waals surface area contributed by atoms with Crippen molar-refractivity contribution < 1.29 is 22.3 Å². The zero-order valence-electron chi connectivity index (χ0n) is 16.4. The highest BCUT2D eigenvalue weighted by Gasteiger charge is 2.32. The molecule has 0 saturated heterocycles. The third kappa shape index (κ3) is 4.09. The van der Waals surface area contributed by atoms with Gasteiger partial charge in [0.25, 0.3) is 0 Å². The number of aromatic amines is 1. The molecule has 3 heterocycles. The summed E-state index contributed by atoms with van der Waals surface area (Å²) in [5, 5.41) is 2.96. The van der Waals surface area contributed by atoms with Crippen molar-refractivity contribution in [1.82, 2.24) is 20.3 Å². The first-order valence-corrected chi connectivity index (χ1v) is 9.45. The SMILES string of the molecule is CNCCOc1cnccc1-c1[nH]c2cccnc2c1-c1cc(C(F)(F)F)ccc1F. The number of ether oxygens (including phenoxy) is 1. The van der Waals surface area contributed by atoms with Crippen LogP contribution in [0.5, 0.6) is 5.75 Å². The summed E-state index contributed by atoms with van der Waals surface area (Å²) in [6.07, 6.45) is -0.0617. The molecule has 9 heteroatoms. The number of nitrogens with one attached hydrogen (secondary N) is 2. The second-order valence-corrected chi connectivity index (χ2v) is 6.79. The highest BCUT2D eigenvalue weighted by Crippen LogP contribution is 2.43. The van der Waals surface area contributed by atoms with E-state index < -0.39 is 17.6 Å². The van der Waals surface area contributed by atoms with Crippen LogP contribution in [0.25, 0.3) is 33.4 Å². The lowest BCUT2D eigenvalue weighted by Crippen LogP contribution is -2.16. The fourth-order valence-electron chi connectivity index (χ4n) is 3.34. The van der Waals surface area contributed by atoms with Gasteiger partial charge in [-0.15, -0.1) is 0 Å². The number of fused-ring (bicyclic) bond motifs is 1. The van der Waals surface area contributed by atoms with Crippen LogP contribution >= 0.6 is 0 Å². The maximum Gasteiger partial charge on any atom is 0.416 e. The zero-order chi connectivity index (χ0) is 22.0. The van der Waals surface area contributed by atoms with Crippen LogP contribution in [0.1, 0.15) is 5.56 Å². The number of benzene rings is 1. The number of aromatic nitrogens is 3. The van der Waals surface area contributed by atoms with Gasteiger partial charge in [-0.1, -0.05) is 0 Å². The van der Waals surface area contributed by atoms with Crippen LogP contribution in [0.3, 0.4) is 0 Å². The molecule has 0 bridgehead atoms. The minimum absolute atomic E-state index is 0.201. The molecule has 2 N–H and O–H groups in total. The lowest BCUT2D eigenvalue weighted by Gasteiger charge is -2.13. The second-order valence-electron chi connectivity index (χ2n) is 6.79. The Morgan fingerprint density at radius 3 is 2.71 bits per heavy atom. The van der Waals surface area contributed by atoms with Crippen molar-refractivity contribution in [2.45, 2.75) is 6.18 Å². The Bertz CT molecular complexity index is 1220. The third-order valence-corrected chi connectivity index (χ3v) is 4.78. The molecule has 0 aliphatic rings. The maximum absolute atomic E-state index is 14.8. The van der Waals surface area contributed by atoms with Gasteiger partial charge in [-0.05, 0) is 43.4 Å². The summed E-state index contributed by atoms with van der Waals surface area (Å²) in [5.41, 5.74) is 0.928. The molecule has 0 aliphatic heterocycles. The number of alkyl halides is 3. The summed E-state index contributed by atoms with van der Waals surface area (Å²) >= 11 is 0. The highest BCUT2D eigenvalue weighted by atomic mass is 19.4. The molecule has 5 nitrogen and oxygen atoms in total. The van der Waals surface area contributed by atoms with E-state index >= 15 is 0 Å². The number of pyridine rings is 2. The Hall–Kier alpha value is -3.46. The van der Waals surface area contributed by atoms with Gasteiger partial charge in [0, 0.05) is 35.6 Å². The van der Waals surface area contributed by atoms with Gasteiger partial charge in [-0.2, -0.15) is 13.2 Å². The number of halogens is 4. The smallest absolute Gasteiger partial charge is 0.416 e. The predicted molar refractivity (Wildman–Crippen MR) is 109 cm³/mol. The van der Waals surface area contributed by atoms with Gasteiger partial charge in [-0.3, -0.25) is 9.97 Å². The number of H-pyrrole nitrogens is 1. The molecule has 3 aromatic heterocycles. The zero-order valence-corrected chi connectivity index (χ0v) is 16.4. The van der Waals surface area contributed by atoms with Crippen molar-refractivity contribution in [2.24, 2.45) is 0 Å². The van der Waals surface area contributed by atoms with E-state index in [9.17, 15) is 17.6 Å². The van der Waals surface area contributed by atoms with Crippen molar-refractivity contribution >= 4 is 11.0 Å². The lowest BCUT2D eigenvalue weighted by atomic mass is 9.98. The molecule has 0 fully saturated rings. The topological polar surface area (TPSA) is 62.8 Å². The molecule has 0 saturated carbocycles. The number of hydrogen-bond donors (Lipinski definition) is 2. The lowest BCUT2D eigenvalue weighted by molar-refractivity contribution is -0.137. The van der Waals surface area contributed by atoms with Gasteiger partial charge < -0.3 is 15.0 Å². The van der Waals surface area contributed by atoms with Crippen LogP contribution in [0, 0.1) is 5.82 Å². The van der Waals surface area contributed by atoms with Gasteiger partial charge in [0.1, 0.15) is 18.2 Å². The van der Waals surface area contributed by atoms with Crippen LogP contribution in [0.15, 0.2) is 55.0 Å². The molecule has 0 radical (unpaired) electrons. The summed E-state index contributed by atoms with van der Waals surface area (Å²) in [5.74, 6) is -0.370. The Morgan fingerprint density at radius 2 is 1.94 bits per heavy atom. The standard InChI is InChI=1S/C22H18F4N4O/c1-27-9-10-31-18-12-28-8-6-14(18)20-19(21-17(30-20)3-2-7-29-21)15-11-13(22(24,25)26)4-5-16(15)23/h2-8,11-12,27,30H,9-10H2,1H3. The minimum atomic E-state index is -4.61. The van der Waals surface area contributed by atoms with Gasteiger partial charge in [0.2, 0.25) is 0 Å². The van der Waals surface area contributed by atoms with Gasteiger partial charge in [-0.25, -0.2) is 4.39 Å². The van der Waals surface area contributed by atoms with E-state index in [0.717, 1.165) is 18.2 Å². The Balaban J connectivity index is 1.96. The van der Waals surface area contributed by atoms with Crippen molar-refractivity contribution in [1.29, 1.82) is 0 Å². The second kappa shape index (κ2) is 8.35. The summed E-state index contributed by atoms with van der Waals surface area (Å²) < 4.78 is 60.6. The Morgan fingerprint density at radius 1 is 1.10 bits per heavy atom. The number of hydrogen-bond acceptors (Lipinski definition) is 4. The number of nitrogens with zero attached hydrogens (tertiary/aromatic N) is 2. The van der Waals surface area contributed by atoms with Gasteiger partial charge in [0.15, 0.2) is 0 Å². The first-order valence-electron chi connectivity index (χ1n) is 9.45.